The maximum Gasteiger partial charge on any atom is 0.228 e. The highest BCUT2D eigenvalue weighted by Gasteiger charge is 2.19. The van der Waals surface area contributed by atoms with Crippen LogP contribution in [0, 0.1) is 18.3 Å². The number of methoxy groups -OCH3 is 1. The summed E-state index contributed by atoms with van der Waals surface area (Å²) < 4.78 is 5.28. The number of ether oxygens (including phenoxy) is 1. The van der Waals surface area contributed by atoms with Crippen molar-refractivity contribution in [3.05, 3.63) is 47.3 Å². The van der Waals surface area contributed by atoms with Gasteiger partial charge in [0, 0.05) is 55.0 Å². The quantitative estimate of drug-likeness (QED) is 0.609. The van der Waals surface area contributed by atoms with E-state index in [-0.39, 0.29) is 0 Å². The Balaban J connectivity index is 1.24. The molecule has 0 bridgehead atoms. The average molecular weight is 405 g/mol. The second-order valence-electron chi connectivity index (χ2n) is 7.82. The summed E-state index contributed by atoms with van der Waals surface area (Å²) >= 11 is 0. The van der Waals surface area contributed by atoms with E-state index in [2.05, 4.69) is 37.0 Å². The van der Waals surface area contributed by atoms with E-state index in [1.807, 2.05) is 31.2 Å². The van der Waals surface area contributed by atoms with Crippen molar-refractivity contribution in [1.29, 1.82) is 5.26 Å². The summed E-state index contributed by atoms with van der Waals surface area (Å²) in [7, 11) is 1.64. The molecule has 7 nitrogen and oxygen atoms in total. The van der Waals surface area contributed by atoms with Crippen molar-refractivity contribution >= 4 is 16.9 Å². The summed E-state index contributed by atoms with van der Waals surface area (Å²) in [5.74, 6) is 1.39. The molecule has 0 saturated carbocycles. The molecule has 30 heavy (non-hydrogen) atoms. The van der Waals surface area contributed by atoms with Crippen LogP contribution >= 0.6 is 0 Å². The number of nitrogens with zero attached hydrogens (tertiary/aromatic N) is 5. The SMILES string of the molecule is COc1cc(C)nc(N2CCN(CCCCc3c[nH]c4ccc(C#N)cc34)CC2)n1. The van der Waals surface area contributed by atoms with Crippen molar-refractivity contribution < 1.29 is 4.74 Å². The Hall–Kier alpha value is -3.11. The molecule has 1 aliphatic heterocycles. The first kappa shape index (κ1) is 20.2. The number of benzene rings is 1. The Labute approximate surface area is 177 Å². The van der Waals surface area contributed by atoms with E-state index in [9.17, 15) is 0 Å². The third-order valence-corrected chi connectivity index (χ3v) is 5.75. The molecule has 1 aliphatic rings. The molecule has 0 unspecified atom stereocenters. The van der Waals surface area contributed by atoms with Crippen molar-refractivity contribution in [1.82, 2.24) is 19.9 Å². The van der Waals surface area contributed by atoms with Gasteiger partial charge in [0.1, 0.15) is 0 Å². The highest BCUT2D eigenvalue weighted by Crippen LogP contribution is 2.22. The lowest BCUT2D eigenvalue weighted by atomic mass is 10.1. The molecule has 0 amide bonds. The summed E-state index contributed by atoms with van der Waals surface area (Å²) in [5.41, 5.74) is 4.06. The van der Waals surface area contributed by atoms with Gasteiger partial charge in [-0.25, -0.2) is 4.98 Å². The summed E-state index contributed by atoms with van der Waals surface area (Å²) in [6.45, 7) is 7.00. The topological polar surface area (TPSA) is 81.1 Å². The molecule has 3 aromatic rings. The number of nitrogens with one attached hydrogen (secondary N) is 1. The normalized spacial score (nSPS) is 14.8. The number of aromatic nitrogens is 3. The minimum Gasteiger partial charge on any atom is -0.481 e. The Morgan fingerprint density at radius 1 is 1.13 bits per heavy atom. The van der Waals surface area contributed by atoms with E-state index in [0.717, 1.165) is 68.3 Å². The van der Waals surface area contributed by atoms with Gasteiger partial charge in [-0.05, 0) is 56.5 Å². The molecule has 1 N–H and O–H groups in total. The lowest BCUT2D eigenvalue weighted by molar-refractivity contribution is 0.251. The zero-order chi connectivity index (χ0) is 20.9. The molecule has 0 spiro atoms. The highest BCUT2D eigenvalue weighted by molar-refractivity contribution is 5.84. The summed E-state index contributed by atoms with van der Waals surface area (Å²) in [5, 5.41) is 10.3. The summed E-state index contributed by atoms with van der Waals surface area (Å²) in [4.78, 5) is 17.1. The van der Waals surface area contributed by atoms with Crippen molar-refractivity contribution in [3.8, 4) is 11.9 Å². The predicted molar refractivity (Wildman–Crippen MR) is 118 cm³/mol. The van der Waals surface area contributed by atoms with Crippen LogP contribution in [0.5, 0.6) is 5.88 Å². The fourth-order valence-corrected chi connectivity index (χ4v) is 4.05. The fourth-order valence-electron chi connectivity index (χ4n) is 4.05. The number of anilines is 1. The van der Waals surface area contributed by atoms with Crippen LogP contribution in [0.4, 0.5) is 5.95 Å². The smallest absolute Gasteiger partial charge is 0.228 e. The van der Waals surface area contributed by atoms with Crippen LogP contribution < -0.4 is 9.64 Å². The van der Waals surface area contributed by atoms with E-state index in [1.54, 1.807) is 7.11 Å². The number of H-pyrrole nitrogens is 1. The Morgan fingerprint density at radius 2 is 1.97 bits per heavy atom. The number of aryl methyl sites for hydroxylation is 2. The van der Waals surface area contributed by atoms with Gasteiger partial charge in [0.2, 0.25) is 11.8 Å². The van der Waals surface area contributed by atoms with Crippen molar-refractivity contribution in [2.75, 3.05) is 44.7 Å². The van der Waals surface area contributed by atoms with Crippen LogP contribution in [0.25, 0.3) is 10.9 Å². The van der Waals surface area contributed by atoms with E-state index in [4.69, 9.17) is 10.00 Å². The van der Waals surface area contributed by atoms with Gasteiger partial charge < -0.3 is 14.6 Å². The van der Waals surface area contributed by atoms with Gasteiger partial charge in [-0.2, -0.15) is 10.2 Å². The maximum atomic E-state index is 9.13. The molecular formula is C23H28N6O. The van der Waals surface area contributed by atoms with E-state index >= 15 is 0 Å². The lowest BCUT2D eigenvalue weighted by Gasteiger charge is -2.34. The number of fused-ring (bicyclic) bond motifs is 1. The van der Waals surface area contributed by atoms with Gasteiger partial charge in [-0.1, -0.05) is 0 Å². The number of hydrogen-bond donors (Lipinski definition) is 1. The van der Waals surface area contributed by atoms with Gasteiger partial charge in [0.15, 0.2) is 0 Å². The number of aromatic amines is 1. The maximum absolute atomic E-state index is 9.13. The fraction of sp³-hybridized carbons (Fsp3) is 0.435. The molecule has 0 aliphatic carbocycles. The molecule has 0 radical (unpaired) electrons. The van der Waals surface area contributed by atoms with Crippen molar-refractivity contribution in [2.45, 2.75) is 26.2 Å². The molecule has 156 valence electrons. The van der Waals surface area contributed by atoms with Gasteiger partial charge in [-0.3, -0.25) is 4.90 Å². The summed E-state index contributed by atoms with van der Waals surface area (Å²) in [6, 6.07) is 9.93. The minimum absolute atomic E-state index is 0.624. The Morgan fingerprint density at radius 3 is 2.73 bits per heavy atom. The second kappa shape index (κ2) is 9.14. The molecule has 2 aromatic heterocycles. The van der Waals surface area contributed by atoms with Crippen LogP contribution in [0.3, 0.4) is 0 Å². The number of nitriles is 1. The monoisotopic (exact) mass is 404 g/mol. The molecule has 4 rings (SSSR count). The van der Waals surface area contributed by atoms with Gasteiger partial charge in [0.25, 0.3) is 0 Å². The Bertz CT molecular complexity index is 1050. The molecule has 1 fully saturated rings. The predicted octanol–water partition coefficient (Wildman–Crippen LogP) is 3.29. The molecule has 3 heterocycles. The highest BCUT2D eigenvalue weighted by atomic mass is 16.5. The third-order valence-electron chi connectivity index (χ3n) is 5.75. The molecule has 0 atom stereocenters. The number of hydrogen-bond acceptors (Lipinski definition) is 6. The van der Waals surface area contributed by atoms with Crippen LogP contribution in [0.1, 0.15) is 29.7 Å². The van der Waals surface area contributed by atoms with E-state index in [0.29, 0.717) is 5.88 Å². The number of piperazine rings is 1. The molecular weight excluding hydrogens is 376 g/mol. The molecule has 1 saturated heterocycles. The van der Waals surface area contributed by atoms with Gasteiger partial charge in [0.05, 0.1) is 18.7 Å². The van der Waals surface area contributed by atoms with Crippen LogP contribution in [0.15, 0.2) is 30.5 Å². The average Bonchev–Trinajstić information content (AvgIpc) is 3.18. The largest absolute Gasteiger partial charge is 0.481 e. The standard InChI is InChI=1S/C23H28N6O/c1-17-13-22(30-2)27-23(26-17)29-11-9-28(10-12-29)8-4-3-5-19-16-25-21-7-6-18(15-24)14-20(19)21/h6-7,13-14,16,25H,3-5,8-12H2,1-2H3. The summed E-state index contributed by atoms with van der Waals surface area (Å²) in [6.07, 6.45) is 5.42. The first-order valence-corrected chi connectivity index (χ1v) is 10.5. The van der Waals surface area contributed by atoms with Crippen molar-refractivity contribution in [3.63, 3.8) is 0 Å². The van der Waals surface area contributed by atoms with E-state index < -0.39 is 0 Å². The molecule has 7 heteroatoms. The molecule has 1 aromatic carbocycles. The van der Waals surface area contributed by atoms with Gasteiger partial charge >= 0.3 is 0 Å². The third kappa shape index (κ3) is 4.55. The zero-order valence-electron chi connectivity index (χ0n) is 17.7. The second-order valence-corrected chi connectivity index (χ2v) is 7.82. The number of rotatable bonds is 7. The Kier molecular flexibility index (Phi) is 6.15. The van der Waals surface area contributed by atoms with Crippen LogP contribution in [0.2, 0.25) is 0 Å². The first-order valence-electron chi connectivity index (χ1n) is 10.5. The van der Waals surface area contributed by atoms with Crippen LogP contribution in [-0.2, 0) is 6.42 Å². The van der Waals surface area contributed by atoms with Crippen molar-refractivity contribution in [2.24, 2.45) is 0 Å². The first-order chi connectivity index (χ1) is 14.7. The zero-order valence-corrected chi connectivity index (χ0v) is 17.7. The van der Waals surface area contributed by atoms with Crippen LogP contribution in [-0.4, -0.2) is 59.7 Å². The van der Waals surface area contributed by atoms with E-state index in [1.165, 1.54) is 17.4 Å². The number of unbranched alkanes of at least 4 members (excludes halogenated alkanes) is 1. The van der Waals surface area contributed by atoms with Gasteiger partial charge in [-0.15, -0.1) is 0 Å². The lowest BCUT2D eigenvalue weighted by Crippen LogP contribution is -2.47. The minimum atomic E-state index is 0.624.